The summed E-state index contributed by atoms with van der Waals surface area (Å²) >= 11 is 0. The van der Waals surface area contributed by atoms with Gasteiger partial charge in [0, 0.05) is 23.4 Å². The van der Waals surface area contributed by atoms with Crippen LogP contribution in [0.15, 0.2) is 12.1 Å². The van der Waals surface area contributed by atoms with Crippen molar-refractivity contribution < 1.29 is 18.7 Å². The number of amides is 2. The van der Waals surface area contributed by atoms with E-state index in [0.717, 1.165) is 6.07 Å². The lowest BCUT2D eigenvalue weighted by Crippen LogP contribution is -2.20. The van der Waals surface area contributed by atoms with Gasteiger partial charge in [-0.2, -0.15) is 0 Å². The van der Waals surface area contributed by atoms with Crippen molar-refractivity contribution in [1.29, 1.82) is 0 Å². The van der Waals surface area contributed by atoms with Gasteiger partial charge in [-0.3, -0.25) is 9.59 Å². The predicted molar refractivity (Wildman–Crippen MR) is 64.8 cm³/mol. The summed E-state index contributed by atoms with van der Waals surface area (Å²) in [6.45, 7) is 3.53. The normalized spacial score (nSPS) is 10.2. The number of halogens is 1. The third-order valence-corrected chi connectivity index (χ3v) is 2.34. The molecule has 0 aliphatic heterocycles. The lowest BCUT2D eigenvalue weighted by Gasteiger charge is -2.10. The molecule has 5 nitrogen and oxygen atoms in total. The summed E-state index contributed by atoms with van der Waals surface area (Å²) in [6, 6.07) is 2.38. The number of benzene rings is 1. The van der Waals surface area contributed by atoms with Gasteiger partial charge >= 0.3 is 0 Å². The molecule has 1 aromatic carbocycles. The molecule has 1 aromatic rings. The van der Waals surface area contributed by atoms with Crippen LogP contribution in [0.4, 0.5) is 10.1 Å². The largest absolute Gasteiger partial charge is 0.372 e. The van der Waals surface area contributed by atoms with Gasteiger partial charge in [0.1, 0.15) is 12.4 Å². The molecule has 0 spiro atoms. The second kappa shape index (κ2) is 6.11. The van der Waals surface area contributed by atoms with Crippen LogP contribution >= 0.6 is 0 Å². The average molecular weight is 254 g/mol. The Kier molecular flexibility index (Phi) is 4.79. The molecule has 0 aromatic heterocycles. The van der Waals surface area contributed by atoms with Crippen LogP contribution < -0.4 is 11.1 Å². The molecule has 0 saturated carbocycles. The number of hydrogen-bond donors (Lipinski definition) is 2. The summed E-state index contributed by atoms with van der Waals surface area (Å²) in [7, 11) is 0. The van der Waals surface area contributed by atoms with Gasteiger partial charge in [-0.05, 0) is 26.0 Å². The summed E-state index contributed by atoms with van der Waals surface area (Å²) in [5, 5.41) is 2.47. The minimum absolute atomic E-state index is 0.00445. The number of nitrogens with one attached hydrogen (secondary N) is 1. The van der Waals surface area contributed by atoms with E-state index in [1.54, 1.807) is 6.92 Å². The first-order chi connectivity index (χ1) is 8.45. The first kappa shape index (κ1) is 14.1. The number of primary amides is 1. The quantitative estimate of drug-likeness (QED) is 0.828. The van der Waals surface area contributed by atoms with Gasteiger partial charge in [-0.25, -0.2) is 4.39 Å². The Hall–Kier alpha value is -1.95. The Bertz CT molecular complexity index is 475. The van der Waals surface area contributed by atoms with Crippen LogP contribution in [0, 0.1) is 12.7 Å². The van der Waals surface area contributed by atoms with Crippen LogP contribution in [0.25, 0.3) is 0 Å². The molecule has 6 heteroatoms. The smallest absolute Gasteiger partial charge is 0.250 e. The van der Waals surface area contributed by atoms with Gasteiger partial charge in [0.25, 0.3) is 0 Å². The Morgan fingerprint density at radius 1 is 1.44 bits per heavy atom. The molecule has 0 aliphatic carbocycles. The van der Waals surface area contributed by atoms with Crippen molar-refractivity contribution in [3.05, 3.63) is 29.1 Å². The van der Waals surface area contributed by atoms with Gasteiger partial charge in [-0.15, -0.1) is 0 Å². The second-order valence-corrected chi connectivity index (χ2v) is 3.68. The van der Waals surface area contributed by atoms with E-state index < -0.39 is 17.6 Å². The van der Waals surface area contributed by atoms with E-state index in [0.29, 0.717) is 6.61 Å². The fourth-order valence-electron chi connectivity index (χ4n) is 1.33. The molecular weight excluding hydrogens is 239 g/mol. The first-order valence-electron chi connectivity index (χ1n) is 5.43. The highest BCUT2D eigenvalue weighted by Gasteiger charge is 2.12. The molecule has 0 aliphatic rings. The first-order valence-corrected chi connectivity index (χ1v) is 5.43. The maximum absolute atomic E-state index is 13.5. The fraction of sp³-hybridized carbons (Fsp3) is 0.333. The van der Waals surface area contributed by atoms with Crippen molar-refractivity contribution in [2.75, 3.05) is 18.5 Å². The van der Waals surface area contributed by atoms with Crippen LogP contribution in [0.3, 0.4) is 0 Å². The number of ether oxygens (including phenoxy) is 1. The average Bonchev–Trinajstić information content (AvgIpc) is 2.31. The van der Waals surface area contributed by atoms with E-state index in [-0.39, 0.29) is 23.4 Å². The van der Waals surface area contributed by atoms with Crippen molar-refractivity contribution >= 4 is 17.5 Å². The topological polar surface area (TPSA) is 81.4 Å². The molecule has 0 radical (unpaired) electrons. The minimum Gasteiger partial charge on any atom is -0.372 e. The van der Waals surface area contributed by atoms with Crippen molar-refractivity contribution in [3.63, 3.8) is 0 Å². The predicted octanol–water partition coefficient (Wildman–Crippen LogP) is 1.21. The van der Waals surface area contributed by atoms with Gasteiger partial charge < -0.3 is 15.8 Å². The van der Waals surface area contributed by atoms with Crippen molar-refractivity contribution in [1.82, 2.24) is 0 Å². The second-order valence-electron chi connectivity index (χ2n) is 3.68. The lowest BCUT2D eigenvalue weighted by molar-refractivity contribution is -0.120. The van der Waals surface area contributed by atoms with Gasteiger partial charge in [0.2, 0.25) is 11.8 Å². The lowest BCUT2D eigenvalue weighted by atomic mass is 10.1. The third kappa shape index (κ3) is 3.53. The zero-order chi connectivity index (χ0) is 13.7. The number of nitrogens with two attached hydrogens (primary N) is 1. The van der Waals surface area contributed by atoms with E-state index >= 15 is 0 Å². The van der Waals surface area contributed by atoms with Crippen LogP contribution in [0.1, 0.15) is 22.8 Å². The summed E-state index contributed by atoms with van der Waals surface area (Å²) in [5.41, 5.74) is 5.53. The molecule has 0 unspecified atom stereocenters. The molecule has 0 atom stereocenters. The van der Waals surface area contributed by atoms with E-state index in [4.69, 9.17) is 10.5 Å². The number of carbonyl (C=O) groups excluding carboxylic acids is 2. The molecule has 2 amide bonds. The van der Waals surface area contributed by atoms with E-state index in [1.165, 1.54) is 13.0 Å². The van der Waals surface area contributed by atoms with Crippen LogP contribution in [-0.4, -0.2) is 25.0 Å². The number of carbonyl (C=O) groups is 2. The zero-order valence-corrected chi connectivity index (χ0v) is 10.2. The molecular formula is C12H15FN2O3. The summed E-state index contributed by atoms with van der Waals surface area (Å²) in [5.74, 6) is -1.77. The highest BCUT2D eigenvalue weighted by Crippen LogP contribution is 2.20. The number of anilines is 1. The molecule has 0 saturated heterocycles. The molecule has 3 N–H and O–H groups in total. The Morgan fingerprint density at radius 2 is 2.11 bits per heavy atom. The summed E-state index contributed by atoms with van der Waals surface area (Å²) in [4.78, 5) is 22.4. The minimum atomic E-state index is -0.755. The number of hydrogen-bond acceptors (Lipinski definition) is 3. The summed E-state index contributed by atoms with van der Waals surface area (Å²) in [6.07, 6.45) is 0. The summed E-state index contributed by atoms with van der Waals surface area (Å²) < 4.78 is 18.4. The maximum atomic E-state index is 13.5. The van der Waals surface area contributed by atoms with Crippen LogP contribution in [0.2, 0.25) is 0 Å². The maximum Gasteiger partial charge on any atom is 0.250 e. The monoisotopic (exact) mass is 254 g/mol. The molecule has 0 heterocycles. The molecule has 0 fully saturated rings. The molecule has 0 bridgehead atoms. The highest BCUT2D eigenvalue weighted by molar-refractivity contribution is 5.97. The Balaban J connectivity index is 2.94. The van der Waals surface area contributed by atoms with E-state index in [2.05, 4.69) is 5.32 Å². The Morgan fingerprint density at radius 3 is 2.67 bits per heavy atom. The van der Waals surface area contributed by atoms with Crippen LogP contribution in [-0.2, 0) is 9.53 Å². The van der Waals surface area contributed by atoms with Gasteiger partial charge in [0.15, 0.2) is 0 Å². The third-order valence-electron chi connectivity index (χ3n) is 2.34. The fourth-order valence-corrected chi connectivity index (χ4v) is 1.33. The molecule has 1 rings (SSSR count). The van der Waals surface area contributed by atoms with Crippen molar-refractivity contribution in [2.45, 2.75) is 13.8 Å². The number of rotatable bonds is 5. The van der Waals surface area contributed by atoms with Crippen molar-refractivity contribution in [2.24, 2.45) is 5.73 Å². The zero-order valence-electron chi connectivity index (χ0n) is 10.2. The SMILES string of the molecule is CCOCC(=O)Nc1cc(C(N)=O)cc(F)c1C. The van der Waals surface area contributed by atoms with E-state index in [9.17, 15) is 14.0 Å². The van der Waals surface area contributed by atoms with Crippen LogP contribution in [0.5, 0.6) is 0 Å². The van der Waals surface area contributed by atoms with Crippen molar-refractivity contribution in [3.8, 4) is 0 Å². The molecule has 18 heavy (non-hydrogen) atoms. The highest BCUT2D eigenvalue weighted by atomic mass is 19.1. The standard InChI is InChI=1S/C12H15FN2O3/c1-3-18-6-11(16)15-10-5-8(12(14)17)4-9(13)7(10)2/h4-5H,3,6H2,1-2H3,(H2,14,17)(H,15,16). The van der Waals surface area contributed by atoms with Gasteiger partial charge in [0.05, 0.1) is 0 Å². The van der Waals surface area contributed by atoms with Gasteiger partial charge in [-0.1, -0.05) is 0 Å². The van der Waals surface area contributed by atoms with E-state index in [1.807, 2.05) is 0 Å². The Labute approximate surface area is 104 Å². The molecule has 98 valence electrons.